The number of amides is 1. The molecule has 0 radical (unpaired) electrons. The average Bonchev–Trinajstić information content (AvgIpc) is 3.10. The Hall–Kier alpha value is -1.51. The summed E-state index contributed by atoms with van der Waals surface area (Å²) in [6.45, 7) is 0.229. The maximum atomic E-state index is 12.2. The van der Waals surface area contributed by atoms with E-state index < -0.39 is 5.97 Å². The van der Waals surface area contributed by atoms with Gasteiger partial charge in [-0.2, -0.15) is 0 Å². The fourth-order valence-electron chi connectivity index (χ4n) is 2.22. The SMILES string of the molecule is O=C(NCc1nc(C(=O)O)cs1)c1ccc(C2SCCCS2)cc1. The first-order valence-electron chi connectivity index (χ1n) is 7.42. The van der Waals surface area contributed by atoms with Crippen LogP contribution in [0.3, 0.4) is 0 Å². The number of thioether (sulfide) groups is 2. The molecule has 0 unspecified atom stereocenters. The van der Waals surface area contributed by atoms with Crippen molar-refractivity contribution in [1.82, 2.24) is 10.3 Å². The van der Waals surface area contributed by atoms with Gasteiger partial charge in [0.05, 0.1) is 11.1 Å². The molecule has 1 aliphatic rings. The molecule has 1 aliphatic heterocycles. The van der Waals surface area contributed by atoms with Crippen LogP contribution in [0.5, 0.6) is 0 Å². The van der Waals surface area contributed by atoms with Gasteiger partial charge in [0.25, 0.3) is 5.91 Å². The Morgan fingerprint density at radius 3 is 2.54 bits per heavy atom. The number of carboxylic acids is 1. The fraction of sp³-hybridized carbons (Fsp3) is 0.312. The zero-order valence-electron chi connectivity index (χ0n) is 12.7. The number of benzene rings is 1. The normalized spacial score (nSPS) is 15.2. The third-order valence-electron chi connectivity index (χ3n) is 3.44. The van der Waals surface area contributed by atoms with Crippen LogP contribution in [0.2, 0.25) is 0 Å². The molecule has 0 saturated carbocycles. The monoisotopic (exact) mass is 380 g/mol. The number of carbonyl (C=O) groups excluding carboxylic acids is 1. The van der Waals surface area contributed by atoms with E-state index in [4.69, 9.17) is 5.11 Å². The van der Waals surface area contributed by atoms with Crippen molar-refractivity contribution >= 4 is 46.7 Å². The minimum absolute atomic E-state index is 0.0103. The van der Waals surface area contributed by atoms with Crippen molar-refractivity contribution in [3.8, 4) is 0 Å². The number of hydrogen-bond acceptors (Lipinski definition) is 6. The fourth-order valence-corrected chi connectivity index (χ4v) is 5.82. The average molecular weight is 381 g/mol. The summed E-state index contributed by atoms with van der Waals surface area (Å²) in [7, 11) is 0. The summed E-state index contributed by atoms with van der Waals surface area (Å²) in [5.41, 5.74) is 1.85. The Morgan fingerprint density at radius 2 is 1.92 bits per heavy atom. The second-order valence-corrected chi connectivity index (χ2v) is 8.83. The van der Waals surface area contributed by atoms with Gasteiger partial charge in [0, 0.05) is 10.9 Å². The highest BCUT2D eigenvalue weighted by atomic mass is 32.2. The van der Waals surface area contributed by atoms with Crippen LogP contribution in [0, 0.1) is 0 Å². The highest BCUT2D eigenvalue weighted by Gasteiger charge is 2.17. The van der Waals surface area contributed by atoms with Crippen LogP contribution < -0.4 is 5.32 Å². The second-order valence-electron chi connectivity index (χ2n) is 5.16. The van der Waals surface area contributed by atoms with Crippen molar-refractivity contribution in [3.05, 3.63) is 51.5 Å². The van der Waals surface area contributed by atoms with E-state index in [1.54, 1.807) is 0 Å². The molecule has 2 N–H and O–H groups in total. The Kier molecular flexibility index (Phi) is 5.80. The summed E-state index contributed by atoms with van der Waals surface area (Å²) in [6, 6.07) is 7.70. The smallest absolute Gasteiger partial charge is 0.355 e. The molecule has 0 atom stereocenters. The van der Waals surface area contributed by atoms with Crippen LogP contribution in [0.4, 0.5) is 0 Å². The van der Waals surface area contributed by atoms with E-state index in [0.29, 0.717) is 15.2 Å². The number of nitrogens with zero attached hydrogens (tertiary/aromatic N) is 1. The van der Waals surface area contributed by atoms with Crippen molar-refractivity contribution < 1.29 is 14.7 Å². The molecule has 1 fully saturated rings. The summed E-state index contributed by atoms with van der Waals surface area (Å²) in [5, 5.41) is 13.7. The maximum absolute atomic E-state index is 12.2. The molecular weight excluding hydrogens is 364 g/mol. The first-order chi connectivity index (χ1) is 11.6. The van der Waals surface area contributed by atoms with Crippen LogP contribution >= 0.6 is 34.9 Å². The molecular formula is C16H16N2O3S3. The quantitative estimate of drug-likeness (QED) is 0.824. The lowest BCUT2D eigenvalue weighted by Gasteiger charge is -2.21. The molecule has 1 saturated heterocycles. The number of aromatic carboxylic acids is 1. The number of hydrogen-bond donors (Lipinski definition) is 2. The molecule has 1 aromatic heterocycles. The summed E-state index contributed by atoms with van der Waals surface area (Å²) in [5.74, 6) is 1.13. The first kappa shape index (κ1) is 17.3. The van der Waals surface area contributed by atoms with Gasteiger partial charge in [0.2, 0.25) is 0 Å². The summed E-state index contributed by atoms with van der Waals surface area (Å²) in [6.07, 6.45) is 1.26. The molecule has 1 aromatic carbocycles. The number of aromatic nitrogens is 1. The standard InChI is InChI=1S/C16H16N2O3S3/c19-14(17-8-13-18-12(9-24-13)15(20)21)10-2-4-11(5-3-10)16-22-6-1-7-23-16/h2-5,9,16H,1,6-8H2,(H,17,19)(H,20,21). The van der Waals surface area contributed by atoms with Crippen LogP contribution in [0.25, 0.3) is 0 Å². The van der Waals surface area contributed by atoms with Gasteiger partial charge in [-0.25, -0.2) is 9.78 Å². The van der Waals surface area contributed by atoms with E-state index in [2.05, 4.69) is 10.3 Å². The van der Waals surface area contributed by atoms with Crippen molar-refractivity contribution in [2.75, 3.05) is 11.5 Å². The van der Waals surface area contributed by atoms with Crippen LogP contribution in [-0.4, -0.2) is 33.5 Å². The van der Waals surface area contributed by atoms with Crippen molar-refractivity contribution in [2.24, 2.45) is 0 Å². The van der Waals surface area contributed by atoms with Crippen molar-refractivity contribution in [1.29, 1.82) is 0 Å². The predicted octanol–water partition coefficient (Wildman–Crippen LogP) is 3.64. The lowest BCUT2D eigenvalue weighted by atomic mass is 10.1. The minimum Gasteiger partial charge on any atom is -0.476 e. The number of nitrogens with one attached hydrogen (secondary N) is 1. The zero-order valence-corrected chi connectivity index (χ0v) is 15.2. The molecule has 5 nitrogen and oxygen atoms in total. The van der Waals surface area contributed by atoms with E-state index in [1.165, 1.54) is 40.2 Å². The summed E-state index contributed by atoms with van der Waals surface area (Å²) in [4.78, 5) is 26.9. The third-order valence-corrected chi connectivity index (χ3v) is 7.31. The third kappa shape index (κ3) is 4.31. The topological polar surface area (TPSA) is 79.3 Å². The van der Waals surface area contributed by atoms with Gasteiger partial charge in [-0.15, -0.1) is 34.9 Å². The molecule has 3 rings (SSSR count). The Bertz CT molecular complexity index is 724. The van der Waals surface area contributed by atoms with Gasteiger partial charge in [0.15, 0.2) is 5.69 Å². The van der Waals surface area contributed by atoms with Gasteiger partial charge in [0.1, 0.15) is 5.01 Å². The largest absolute Gasteiger partial charge is 0.476 e. The molecule has 2 aromatic rings. The highest BCUT2D eigenvalue weighted by Crippen LogP contribution is 2.43. The first-order valence-corrected chi connectivity index (χ1v) is 10.4. The van der Waals surface area contributed by atoms with Crippen LogP contribution in [-0.2, 0) is 6.54 Å². The van der Waals surface area contributed by atoms with Gasteiger partial charge in [-0.05, 0) is 35.6 Å². The van der Waals surface area contributed by atoms with E-state index >= 15 is 0 Å². The Balaban J connectivity index is 1.57. The van der Waals surface area contributed by atoms with Gasteiger partial charge in [-0.1, -0.05) is 12.1 Å². The molecule has 1 amide bonds. The molecule has 24 heavy (non-hydrogen) atoms. The van der Waals surface area contributed by atoms with Crippen molar-refractivity contribution in [2.45, 2.75) is 17.5 Å². The Morgan fingerprint density at radius 1 is 1.21 bits per heavy atom. The number of rotatable bonds is 5. The summed E-state index contributed by atoms with van der Waals surface area (Å²) < 4.78 is 0.459. The molecule has 0 aliphatic carbocycles. The minimum atomic E-state index is -1.06. The molecule has 126 valence electrons. The maximum Gasteiger partial charge on any atom is 0.355 e. The van der Waals surface area contributed by atoms with Crippen molar-refractivity contribution in [3.63, 3.8) is 0 Å². The molecule has 0 spiro atoms. The van der Waals surface area contributed by atoms with Crippen LogP contribution in [0.15, 0.2) is 29.6 Å². The van der Waals surface area contributed by atoms with Gasteiger partial charge >= 0.3 is 5.97 Å². The highest BCUT2D eigenvalue weighted by molar-refractivity contribution is 8.16. The van der Waals surface area contributed by atoms with E-state index in [0.717, 1.165) is 0 Å². The van der Waals surface area contributed by atoms with E-state index in [-0.39, 0.29) is 18.1 Å². The number of carboxylic acid groups (broad SMARTS) is 1. The Labute approximate surface area is 152 Å². The molecule has 2 heterocycles. The summed E-state index contributed by atoms with van der Waals surface area (Å²) >= 11 is 5.12. The van der Waals surface area contributed by atoms with Crippen LogP contribution in [0.1, 0.15) is 42.4 Å². The van der Waals surface area contributed by atoms with E-state index in [1.807, 2.05) is 47.8 Å². The molecule has 8 heteroatoms. The zero-order chi connectivity index (χ0) is 16.9. The lowest BCUT2D eigenvalue weighted by molar-refractivity contribution is 0.0691. The lowest BCUT2D eigenvalue weighted by Crippen LogP contribution is -2.22. The van der Waals surface area contributed by atoms with Gasteiger partial charge < -0.3 is 10.4 Å². The second kappa shape index (κ2) is 8.04. The van der Waals surface area contributed by atoms with Gasteiger partial charge in [-0.3, -0.25) is 4.79 Å². The molecule has 0 bridgehead atoms. The van der Waals surface area contributed by atoms with E-state index in [9.17, 15) is 9.59 Å². The predicted molar refractivity (Wildman–Crippen MR) is 99.0 cm³/mol. The number of thiazole rings is 1. The number of carbonyl (C=O) groups is 2.